The summed E-state index contributed by atoms with van der Waals surface area (Å²) in [6, 6.07) is 0. The molecule has 0 radical (unpaired) electrons. The van der Waals surface area contributed by atoms with Crippen LogP contribution in [-0.4, -0.2) is 56.1 Å². The fourth-order valence-electron chi connectivity index (χ4n) is 9.12. The lowest BCUT2D eigenvalue weighted by Gasteiger charge is -2.62. The monoisotopic (exact) mass is 593 g/mol. The number of hydrogen-bond acceptors (Lipinski definition) is 5. The lowest BCUT2D eigenvalue weighted by molar-refractivity contribution is -0.167. The molecule has 0 spiro atoms. The van der Waals surface area contributed by atoms with E-state index in [-0.39, 0.29) is 22.5 Å². The van der Waals surface area contributed by atoms with E-state index < -0.39 is 25.0 Å². The predicted octanol–water partition coefficient (Wildman–Crippen LogP) is 8.61. The van der Waals surface area contributed by atoms with Crippen LogP contribution in [0.4, 0.5) is 0 Å². The third-order valence-corrected chi connectivity index (χ3v) is 13.5. The molecule has 0 aliphatic heterocycles. The second-order valence-electron chi connectivity index (χ2n) is 16.5. The van der Waals surface area contributed by atoms with Gasteiger partial charge in [-0.25, -0.2) is 0 Å². The van der Waals surface area contributed by atoms with Crippen LogP contribution in [0, 0.1) is 28.6 Å². The molecule has 3 saturated carbocycles. The molecular formula is C31H59NO4Si3. The average Bonchev–Trinajstić information content (AvgIpc) is 3.07. The maximum absolute atomic E-state index is 7.52. The highest BCUT2D eigenvalue weighted by atomic mass is 28.4. The minimum absolute atomic E-state index is 0.00583. The van der Waals surface area contributed by atoms with Gasteiger partial charge in [0, 0.05) is 5.41 Å². The van der Waals surface area contributed by atoms with Gasteiger partial charge in [-0.15, -0.1) is 0 Å². The first-order valence-corrected chi connectivity index (χ1v) is 25.9. The molecule has 8 heteroatoms. The normalized spacial score (nSPS) is 39.0. The molecule has 0 amide bonds. The lowest BCUT2D eigenvalue weighted by atomic mass is 9.46. The molecule has 4 aliphatic carbocycles. The van der Waals surface area contributed by atoms with Crippen molar-refractivity contribution in [3.63, 3.8) is 0 Å². The summed E-state index contributed by atoms with van der Waals surface area (Å²) < 4.78 is 21.4. The summed E-state index contributed by atoms with van der Waals surface area (Å²) in [6.45, 7) is 26.9. The van der Waals surface area contributed by atoms with Crippen LogP contribution in [0.3, 0.4) is 0 Å². The summed E-state index contributed by atoms with van der Waals surface area (Å²) in [5.41, 5.74) is 2.88. The smallest absolute Gasteiger partial charge is 0.184 e. The predicted molar refractivity (Wildman–Crippen MR) is 171 cm³/mol. The maximum Gasteiger partial charge on any atom is 0.184 e. The van der Waals surface area contributed by atoms with Gasteiger partial charge in [-0.3, -0.25) is 0 Å². The molecule has 7 atom stereocenters. The number of rotatable bonds is 9. The van der Waals surface area contributed by atoms with Gasteiger partial charge in [0.05, 0.1) is 24.0 Å². The first kappa shape index (κ1) is 31.7. The van der Waals surface area contributed by atoms with Crippen molar-refractivity contribution in [1.82, 2.24) is 0 Å². The Morgan fingerprint density at radius 1 is 0.846 bits per heavy atom. The van der Waals surface area contributed by atoms with E-state index in [9.17, 15) is 0 Å². The fourth-order valence-corrected chi connectivity index (χ4v) is 12.4. The van der Waals surface area contributed by atoms with Crippen molar-refractivity contribution in [3.8, 4) is 0 Å². The van der Waals surface area contributed by atoms with Gasteiger partial charge in [0.15, 0.2) is 25.0 Å². The Morgan fingerprint density at radius 2 is 1.51 bits per heavy atom. The van der Waals surface area contributed by atoms with Crippen LogP contribution >= 0.6 is 0 Å². The van der Waals surface area contributed by atoms with Gasteiger partial charge >= 0.3 is 0 Å². The largest absolute Gasteiger partial charge is 0.415 e. The number of allylic oxidation sites excluding steroid dienone is 2. The molecule has 4 aliphatic rings. The maximum atomic E-state index is 7.52. The summed E-state index contributed by atoms with van der Waals surface area (Å²) >= 11 is 0. The Bertz CT molecular complexity index is 964. The van der Waals surface area contributed by atoms with E-state index in [1.54, 1.807) is 12.7 Å². The van der Waals surface area contributed by atoms with Gasteiger partial charge < -0.3 is 18.1 Å². The van der Waals surface area contributed by atoms with Crippen molar-refractivity contribution in [2.45, 2.75) is 136 Å². The summed E-state index contributed by atoms with van der Waals surface area (Å²) in [5, 5.41) is 4.32. The number of hydrogen-bond donors (Lipinski definition) is 0. The van der Waals surface area contributed by atoms with Gasteiger partial charge in [0.1, 0.15) is 7.11 Å². The third-order valence-electron chi connectivity index (χ3n) is 10.5. The molecule has 39 heavy (non-hydrogen) atoms. The molecule has 0 aromatic rings. The van der Waals surface area contributed by atoms with Crippen LogP contribution in [0.25, 0.3) is 0 Å². The minimum atomic E-state index is -1.88. The SMILES string of the molecule is CON=C1C=C2CCC3C(CCC4(C)C3CCC4(O[Si](C)(C)C)C(CO[Si](C)(C)C)O[Si](C)(C)C)C2(C)CC1. The quantitative estimate of drug-likeness (QED) is 0.198. The van der Waals surface area contributed by atoms with Crippen LogP contribution in [-0.2, 0) is 18.1 Å². The zero-order valence-corrected chi connectivity index (χ0v) is 30.3. The van der Waals surface area contributed by atoms with Crippen molar-refractivity contribution in [2.24, 2.45) is 33.7 Å². The minimum Gasteiger partial charge on any atom is -0.415 e. The molecule has 0 saturated heterocycles. The highest BCUT2D eigenvalue weighted by molar-refractivity contribution is 6.70. The zero-order valence-electron chi connectivity index (χ0n) is 27.3. The van der Waals surface area contributed by atoms with Crippen molar-refractivity contribution < 1.29 is 18.1 Å². The fraction of sp³-hybridized carbons (Fsp3) is 0.903. The molecule has 4 rings (SSSR count). The first-order valence-electron chi connectivity index (χ1n) is 15.7. The molecule has 0 bridgehead atoms. The molecule has 5 nitrogen and oxygen atoms in total. The van der Waals surface area contributed by atoms with Crippen molar-refractivity contribution in [3.05, 3.63) is 11.6 Å². The van der Waals surface area contributed by atoms with Crippen LogP contribution in [0.2, 0.25) is 58.9 Å². The first-order chi connectivity index (χ1) is 17.8. The van der Waals surface area contributed by atoms with Crippen LogP contribution in [0.15, 0.2) is 16.8 Å². The highest BCUT2D eigenvalue weighted by Gasteiger charge is 2.68. The Hall–Kier alpha value is -0.259. The molecule has 0 aromatic heterocycles. The number of nitrogens with zero attached hydrogens (tertiary/aromatic N) is 1. The van der Waals surface area contributed by atoms with E-state index in [1.165, 1.54) is 38.5 Å². The Balaban J connectivity index is 1.72. The molecule has 0 aromatic carbocycles. The average molecular weight is 594 g/mol. The summed E-state index contributed by atoms with van der Waals surface area (Å²) in [6.07, 6.45) is 12.0. The van der Waals surface area contributed by atoms with E-state index in [2.05, 4.69) is 84.0 Å². The summed E-state index contributed by atoms with van der Waals surface area (Å²) in [5.74, 6) is 2.18. The van der Waals surface area contributed by atoms with E-state index in [4.69, 9.17) is 18.1 Å². The Kier molecular flexibility index (Phi) is 8.76. The third kappa shape index (κ3) is 6.26. The molecule has 224 valence electrons. The lowest BCUT2D eigenvalue weighted by Crippen LogP contribution is -2.65. The summed E-state index contributed by atoms with van der Waals surface area (Å²) in [7, 11) is -3.75. The van der Waals surface area contributed by atoms with Crippen LogP contribution < -0.4 is 0 Å². The molecule has 7 unspecified atom stereocenters. The molecule has 0 N–H and O–H groups in total. The number of oxime groups is 1. The number of fused-ring (bicyclic) bond motifs is 5. The Morgan fingerprint density at radius 3 is 2.10 bits per heavy atom. The van der Waals surface area contributed by atoms with Crippen LogP contribution in [0.1, 0.15) is 65.2 Å². The van der Waals surface area contributed by atoms with Gasteiger partial charge in [-0.1, -0.05) is 24.6 Å². The summed E-state index contributed by atoms with van der Waals surface area (Å²) in [4.78, 5) is 5.15. The van der Waals surface area contributed by atoms with E-state index in [0.717, 1.165) is 30.4 Å². The highest BCUT2D eigenvalue weighted by Crippen LogP contribution is 2.69. The molecule has 0 heterocycles. The van der Waals surface area contributed by atoms with Gasteiger partial charge in [0.2, 0.25) is 0 Å². The second-order valence-corrected chi connectivity index (χ2v) is 29.9. The second kappa shape index (κ2) is 10.8. The van der Waals surface area contributed by atoms with E-state index in [1.807, 2.05) is 0 Å². The van der Waals surface area contributed by atoms with Crippen molar-refractivity contribution >= 4 is 30.7 Å². The standard InChI is InChI=1S/C31H59NO4Si3/c1-29-18-15-24(32-33-3)21-23(29)13-14-25-26(29)16-19-30(2)27(25)17-20-31(30,36-39(10,11)12)28(35-38(7,8)9)22-34-37(4,5)6/h21,25-28H,13-20,22H2,1-12H3. The van der Waals surface area contributed by atoms with Gasteiger partial charge in [-0.05, 0) is 140 Å². The molecule has 3 fully saturated rings. The van der Waals surface area contributed by atoms with Crippen LogP contribution in [0.5, 0.6) is 0 Å². The van der Waals surface area contributed by atoms with E-state index in [0.29, 0.717) is 12.5 Å². The van der Waals surface area contributed by atoms with Gasteiger partial charge in [0.25, 0.3) is 0 Å². The molecular weight excluding hydrogens is 535 g/mol. The van der Waals surface area contributed by atoms with E-state index >= 15 is 0 Å². The van der Waals surface area contributed by atoms with Crippen molar-refractivity contribution in [1.29, 1.82) is 0 Å². The van der Waals surface area contributed by atoms with Crippen molar-refractivity contribution in [2.75, 3.05) is 13.7 Å². The Labute approximate surface area is 243 Å². The topological polar surface area (TPSA) is 49.3 Å². The zero-order chi connectivity index (χ0) is 29.1. The van der Waals surface area contributed by atoms with Gasteiger partial charge in [-0.2, -0.15) is 0 Å².